The smallest absolute Gasteiger partial charge is 0.229 e. The number of carbonyl (C=O) groups excluding carboxylic acids is 3. The quantitative estimate of drug-likeness (QED) is 0.810. The first-order valence-electron chi connectivity index (χ1n) is 9.43. The largest absolute Gasteiger partial charge is 0.342 e. The first kappa shape index (κ1) is 19.6. The molecule has 6 nitrogen and oxygen atoms in total. The zero-order valence-corrected chi connectivity index (χ0v) is 16.2. The topological polar surface area (TPSA) is 78.5 Å². The predicted molar refractivity (Wildman–Crippen MR) is 109 cm³/mol. The SMILES string of the molecule is CC(=O)Nc1ccc(C)c(NC(=O)C2CC(=O)N(CCc3ccccc3)C2)c1. The molecule has 28 heavy (non-hydrogen) atoms. The van der Waals surface area contributed by atoms with Gasteiger partial charge in [-0.25, -0.2) is 0 Å². The third-order valence-electron chi connectivity index (χ3n) is 4.91. The Hall–Kier alpha value is -3.15. The summed E-state index contributed by atoms with van der Waals surface area (Å²) in [7, 11) is 0. The Bertz CT molecular complexity index is 880. The molecule has 1 fully saturated rings. The van der Waals surface area contributed by atoms with E-state index in [0.717, 1.165) is 12.0 Å². The number of nitrogens with one attached hydrogen (secondary N) is 2. The average Bonchev–Trinajstić information content (AvgIpc) is 3.04. The van der Waals surface area contributed by atoms with Crippen LogP contribution in [-0.4, -0.2) is 35.7 Å². The van der Waals surface area contributed by atoms with E-state index in [-0.39, 0.29) is 30.1 Å². The molecule has 6 heteroatoms. The number of rotatable bonds is 6. The molecule has 2 aromatic rings. The fourth-order valence-corrected chi connectivity index (χ4v) is 3.35. The molecule has 1 unspecified atom stereocenters. The molecular formula is C22H25N3O3. The highest BCUT2D eigenvalue weighted by Crippen LogP contribution is 2.24. The standard InChI is InChI=1S/C22H25N3O3/c1-15-8-9-19(23-16(2)26)13-20(15)24-22(28)18-12-21(27)25(14-18)11-10-17-6-4-3-5-7-17/h3-9,13,18H,10-12,14H2,1-2H3,(H,23,26)(H,24,28). The first-order chi connectivity index (χ1) is 13.4. The van der Waals surface area contributed by atoms with E-state index in [1.807, 2.05) is 43.3 Å². The van der Waals surface area contributed by atoms with Crippen LogP contribution in [0.5, 0.6) is 0 Å². The Morgan fingerprint density at radius 1 is 1.11 bits per heavy atom. The number of hydrogen-bond donors (Lipinski definition) is 2. The maximum Gasteiger partial charge on any atom is 0.229 e. The number of aryl methyl sites for hydroxylation is 1. The second-order valence-electron chi connectivity index (χ2n) is 7.18. The summed E-state index contributed by atoms with van der Waals surface area (Å²) in [6.45, 7) is 4.37. The molecule has 1 heterocycles. The summed E-state index contributed by atoms with van der Waals surface area (Å²) in [6, 6.07) is 15.4. The fraction of sp³-hybridized carbons (Fsp3) is 0.318. The van der Waals surface area contributed by atoms with E-state index in [2.05, 4.69) is 10.6 Å². The van der Waals surface area contributed by atoms with Crippen LogP contribution in [0.1, 0.15) is 24.5 Å². The van der Waals surface area contributed by atoms with Gasteiger partial charge in [-0.15, -0.1) is 0 Å². The Balaban J connectivity index is 1.59. The molecule has 0 aromatic heterocycles. The zero-order chi connectivity index (χ0) is 20.1. The molecule has 0 aliphatic carbocycles. The summed E-state index contributed by atoms with van der Waals surface area (Å²) in [5.41, 5.74) is 3.34. The van der Waals surface area contributed by atoms with E-state index < -0.39 is 0 Å². The molecule has 3 amide bonds. The second-order valence-corrected chi connectivity index (χ2v) is 7.18. The lowest BCUT2D eigenvalue weighted by atomic mass is 10.1. The van der Waals surface area contributed by atoms with E-state index in [1.165, 1.54) is 12.5 Å². The Morgan fingerprint density at radius 2 is 1.86 bits per heavy atom. The van der Waals surface area contributed by atoms with Crippen LogP contribution in [0.3, 0.4) is 0 Å². The molecule has 0 saturated carbocycles. The summed E-state index contributed by atoms with van der Waals surface area (Å²) >= 11 is 0. The average molecular weight is 379 g/mol. The van der Waals surface area contributed by atoms with E-state index >= 15 is 0 Å². The molecule has 1 aliphatic heterocycles. The Kier molecular flexibility index (Phi) is 6.09. The van der Waals surface area contributed by atoms with Gasteiger partial charge in [0.25, 0.3) is 0 Å². The lowest BCUT2D eigenvalue weighted by Gasteiger charge is -2.17. The number of likely N-dealkylation sites (tertiary alicyclic amines) is 1. The molecule has 3 rings (SSSR count). The van der Waals surface area contributed by atoms with Gasteiger partial charge in [-0.1, -0.05) is 36.4 Å². The lowest BCUT2D eigenvalue weighted by molar-refractivity contribution is -0.128. The number of nitrogens with zero attached hydrogens (tertiary/aromatic N) is 1. The van der Waals surface area contributed by atoms with Crippen LogP contribution in [-0.2, 0) is 20.8 Å². The van der Waals surface area contributed by atoms with Crippen molar-refractivity contribution in [2.45, 2.75) is 26.7 Å². The second kappa shape index (κ2) is 8.69. The van der Waals surface area contributed by atoms with Gasteiger partial charge in [0.1, 0.15) is 0 Å². The number of hydrogen-bond acceptors (Lipinski definition) is 3. The van der Waals surface area contributed by atoms with Crippen LogP contribution < -0.4 is 10.6 Å². The predicted octanol–water partition coefficient (Wildman–Crippen LogP) is 2.98. The molecule has 146 valence electrons. The van der Waals surface area contributed by atoms with Gasteiger partial charge in [-0.05, 0) is 36.6 Å². The van der Waals surface area contributed by atoms with Crippen LogP contribution >= 0.6 is 0 Å². The Morgan fingerprint density at radius 3 is 2.57 bits per heavy atom. The molecule has 0 spiro atoms. The van der Waals surface area contributed by atoms with E-state index in [4.69, 9.17) is 0 Å². The minimum atomic E-state index is -0.368. The molecular weight excluding hydrogens is 354 g/mol. The van der Waals surface area contributed by atoms with Crippen molar-refractivity contribution in [1.29, 1.82) is 0 Å². The normalized spacial score (nSPS) is 16.1. The summed E-state index contributed by atoms with van der Waals surface area (Å²) in [5.74, 6) is -0.692. The fourth-order valence-electron chi connectivity index (χ4n) is 3.35. The summed E-state index contributed by atoms with van der Waals surface area (Å²) in [5, 5.41) is 5.62. The van der Waals surface area contributed by atoms with E-state index in [9.17, 15) is 14.4 Å². The maximum absolute atomic E-state index is 12.7. The van der Waals surface area contributed by atoms with Gasteiger partial charge in [-0.3, -0.25) is 14.4 Å². The van der Waals surface area contributed by atoms with Gasteiger partial charge in [0.05, 0.1) is 5.92 Å². The highest BCUT2D eigenvalue weighted by atomic mass is 16.2. The van der Waals surface area contributed by atoms with Gasteiger partial charge in [0, 0.05) is 37.8 Å². The van der Waals surface area contributed by atoms with Crippen molar-refractivity contribution < 1.29 is 14.4 Å². The number of amides is 3. The number of anilines is 2. The molecule has 2 N–H and O–H groups in total. The third kappa shape index (κ3) is 4.97. The van der Waals surface area contributed by atoms with Crippen LogP contribution in [0.4, 0.5) is 11.4 Å². The highest BCUT2D eigenvalue weighted by molar-refractivity contribution is 5.98. The first-order valence-corrected chi connectivity index (χ1v) is 9.43. The summed E-state index contributed by atoms with van der Waals surface area (Å²) in [6.07, 6.45) is 1.00. The van der Waals surface area contributed by atoms with Crippen molar-refractivity contribution in [2.24, 2.45) is 5.92 Å². The van der Waals surface area contributed by atoms with Gasteiger partial charge in [0.15, 0.2) is 0 Å². The molecule has 0 radical (unpaired) electrons. The molecule has 1 saturated heterocycles. The van der Waals surface area contributed by atoms with Crippen molar-refractivity contribution in [2.75, 3.05) is 23.7 Å². The van der Waals surface area contributed by atoms with Gasteiger partial charge in [-0.2, -0.15) is 0 Å². The molecule has 0 bridgehead atoms. The highest BCUT2D eigenvalue weighted by Gasteiger charge is 2.34. The summed E-state index contributed by atoms with van der Waals surface area (Å²) in [4.78, 5) is 38.0. The van der Waals surface area contributed by atoms with Gasteiger partial charge >= 0.3 is 0 Å². The number of benzene rings is 2. The van der Waals surface area contributed by atoms with Gasteiger partial charge < -0.3 is 15.5 Å². The van der Waals surface area contributed by atoms with Crippen molar-refractivity contribution >= 4 is 29.1 Å². The Labute approximate surface area is 164 Å². The summed E-state index contributed by atoms with van der Waals surface area (Å²) < 4.78 is 0. The van der Waals surface area contributed by atoms with E-state index in [0.29, 0.717) is 24.5 Å². The minimum absolute atomic E-state index is 0.0137. The molecule has 2 aromatic carbocycles. The van der Waals surface area contributed by atoms with Crippen molar-refractivity contribution in [3.63, 3.8) is 0 Å². The monoisotopic (exact) mass is 379 g/mol. The van der Waals surface area contributed by atoms with Crippen molar-refractivity contribution in [3.8, 4) is 0 Å². The zero-order valence-electron chi connectivity index (χ0n) is 16.2. The van der Waals surface area contributed by atoms with Gasteiger partial charge in [0.2, 0.25) is 17.7 Å². The maximum atomic E-state index is 12.7. The van der Waals surface area contributed by atoms with Crippen LogP contribution in [0.2, 0.25) is 0 Å². The number of carbonyl (C=O) groups is 3. The van der Waals surface area contributed by atoms with Crippen molar-refractivity contribution in [3.05, 3.63) is 59.7 Å². The third-order valence-corrected chi connectivity index (χ3v) is 4.91. The van der Waals surface area contributed by atoms with Crippen LogP contribution in [0, 0.1) is 12.8 Å². The lowest BCUT2D eigenvalue weighted by Crippen LogP contribution is -2.30. The minimum Gasteiger partial charge on any atom is -0.342 e. The van der Waals surface area contributed by atoms with E-state index in [1.54, 1.807) is 17.0 Å². The van der Waals surface area contributed by atoms with Crippen molar-refractivity contribution in [1.82, 2.24) is 4.90 Å². The van der Waals surface area contributed by atoms with Crippen LogP contribution in [0.15, 0.2) is 48.5 Å². The molecule has 1 atom stereocenters. The van der Waals surface area contributed by atoms with Crippen LogP contribution in [0.25, 0.3) is 0 Å². The molecule has 1 aliphatic rings.